The van der Waals surface area contributed by atoms with Crippen LogP contribution in [0.3, 0.4) is 0 Å². The molecule has 4 rings (SSSR count). The molecule has 1 unspecified atom stereocenters. The molecule has 0 radical (unpaired) electrons. The number of allylic oxidation sites excluding steroid dienone is 4. The first-order valence-corrected chi connectivity index (χ1v) is 16.1. The third-order valence-electron chi connectivity index (χ3n) is 9.31. The molecule has 196 valence electrons. The molecule has 0 aromatic heterocycles. The summed E-state index contributed by atoms with van der Waals surface area (Å²) in [5.41, 5.74) is 8.62. The lowest BCUT2D eigenvalue weighted by atomic mass is 9.69. The molecule has 1 atom stereocenters. The Hall–Kier alpha value is -0.580. The van der Waals surface area contributed by atoms with Gasteiger partial charge in [0, 0.05) is 5.16 Å². The summed E-state index contributed by atoms with van der Waals surface area (Å²) in [5.74, 6) is 1.88. The van der Waals surface area contributed by atoms with Gasteiger partial charge < -0.3 is 0 Å². The first kappa shape index (κ1) is 29.0. The van der Waals surface area contributed by atoms with Crippen LogP contribution in [-0.2, 0) is 0 Å². The van der Waals surface area contributed by atoms with Crippen molar-refractivity contribution in [3.63, 3.8) is 0 Å². The number of rotatable bonds is 7. The first-order chi connectivity index (χ1) is 16.4. The molecule has 1 aromatic carbocycles. The van der Waals surface area contributed by atoms with Crippen LogP contribution in [0.2, 0.25) is 0 Å². The standard InChI is InChI=1S/C33H51P.ClH/c1-24(2)28-22-31(25(3)4)32(27-16-10-7-11-17-27)33(23-28,26(5)6)34(29-18-12-8-13-19-29)30-20-14-9-15-21-30;/h7,10-11,16-17,22,24-26,29-30H,8-9,12-15,18-21,23H2,1-6H3;1H. The Morgan fingerprint density at radius 2 is 1.23 bits per heavy atom. The molecule has 0 saturated heterocycles. The van der Waals surface area contributed by atoms with Gasteiger partial charge in [-0.25, -0.2) is 0 Å². The summed E-state index contributed by atoms with van der Waals surface area (Å²) in [6, 6.07) is 11.7. The molecule has 0 amide bonds. The van der Waals surface area contributed by atoms with E-state index in [1.807, 2.05) is 0 Å². The van der Waals surface area contributed by atoms with Crippen LogP contribution < -0.4 is 0 Å². The smallest absolute Gasteiger partial charge is 0.0228 e. The molecule has 3 aliphatic rings. The maximum absolute atomic E-state index is 2.66. The van der Waals surface area contributed by atoms with Crippen LogP contribution in [0.4, 0.5) is 0 Å². The van der Waals surface area contributed by atoms with Gasteiger partial charge in [-0.15, -0.1) is 12.4 Å². The fourth-order valence-electron chi connectivity index (χ4n) is 7.50. The van der Waals surface area contributed by atoms with Crippen LogP contribution in [-0.4, -0.2) is 16.5 Å². The van der Waals surface area contributed by atoms with Crippen molar-refractivity contribution < 1.29 is 0 Å². The van der Waals surface area contributed by atoms with E-state index in [2.05, 4.69) is 78.0 Å². The van der Waals surface area contributed by atoms with Crippen LogP contribution in [0.5, 0.6) is 0 Å². The van der Waals surface area contributed by atoms with Gasteiger partial charge in [0.25, 0.3) is 0 Å². The highest BCUT2D eigenvalue weighted by molar-refractivity contribution is 7.61. The van der Waals surface area contributed by atoms with Crippen molar-refractivity contribution in [2.24, 2.45) is 17.8 Å². The molecular weight excluding hydrogens is 463 g/mol. The number of benzene rings is 1. The summed E-state index contributed by atoms with van der Waals surface area (Å²) in [6.45, 7) is 15.0. The zero-order valence-electron chi connectivity index (χ0n) is 23.5. The Morgan fingerprint density at radius 1 is 0.714 bits per heavy atom. The summed E-state index contributed by atoms with van der Waals surface area (Å²) in [5, 5.41) is 0.314. The summed E-state index contributed by atoms with van der Waals surface area (Å²) in [6.07, 6.45) is 18.8. The maximum Gasteiger partial charge on any atom is 0.0228 e. The zero-order chi connectivity index (χ0) is 24.3. The van der Waals surface area contributed by atoms with Gasteiger partial charge in [0.2, 0.25) is 0 Å². The van der Waals surface area contributed by atoms with Gasteiger partial charge in [0.1, 0.15) is 0 Å². The highest BCUT2D eigenvalue weighted by atomic mass is 35.5. The Kier molecular flexibility index (Phi) is 10.6. The van der Waals surface area contributed by atoms with Crippen LogP contribution in [0.1, 0.15) is 118 Å². The lowest BCUT2D eigenvalue weighted by Gasteiger charge is -2.57. The third kappa shape index (κ3) is 5.96. The predicted molar refractivity (Wildman–Crippen MR) is 161 cm³/mol. The van der Waals surface area contributed by atoms with E-state index in [9.17, 15) is 0 Å². The third-order valence-corrected chi connectivity index (χ3v) is 13.7. The molecule has 35 heavy (non-hydrogen) atoms. The van der Waals surface area contributed by atoms with Gasteiger partial charge in [-0.1, -0.05) is 130 Å². The van der Waals surface area contributed by atoms with Crippen molar-refractivity contribution in [3.8, 4) is 0 Å². The van der Waals surface area contributed by atoms with E-state index < -0.39 is 0 Å². The lowest BCUT2D eigenvalue weighted by molar-refractivity contribution is 0.438. The largest absolute Gasteiger partial charge is 0.147 e. The average Bonchev–Trinajstić information content (AvgIpc) is 2.85. The molecule has 0 aliphatic heterocycles. The van der Waals surface area contributed by atoms with E-state index in [0.29, 0.717) is 22.9 Å². The van der Waals surface area contributed by atoms with Gasteiger partial charge >= 0.3 is 0 Å². The van der Waals surface area contributed by atoms with Gasteiger partial charge in [0.05, 0.1) is 0 Å². The highest BCUT2D eigenvalue weighted by Gasteiger charge is 2.53. The summed E-state index contributed by atoms with van der Waals surface area (Å²) < 4.78 is 0. The normalized spacial score (nSPS) is 24.9. The Morgan fingerprint density at radius 3 is 1.66 bits per heavy atom. The molecule has 2 saturated carbocycles. The molecule has 0 heterocycles. The van der Waals surface area contributed by atoms with E-state index in [1.54, 1.807) is 16.7 Å². The molecule has 2 fully saturated rings. The molecule has 0 bridgehead atoms. The zero-order valence-corrected chi connectivity index (χ0v) is 25.2. The van der Waals surface area contributed by atoms with Crippen LogP contribution in [0.15, 0.2) is 47.6 Å². The summed E-state index contributed by atoms with van der Waals surface area (Å²) in [7, 11) is -0.103. The van der Waals surface area contributed by atoms with E-state index in [4.69, 9.17) is 0 Å². The van der Waals surface area contributed by atoms with E-state index in [1.165, 1.54) is 76.2 Å². The Balaban J connectivity index is 0.00000342. The van der Waals surface area contributed by atoms with Gasteiger partial charge in [-0.3, -0.25) is 0 Å². The minimum atomic E-state index is -0.103. The van der Waals surface area contributed by atoms with Crippen molar-refractivity contribution in [1.82, 2.24) is 0 Å². The highest BCUT2D eigenvalue weighted by Crippen LogP contribution is 2.72. The molecule has 2 heteroatoms. The fraction of sp³-hybridized carbons (Fsp3) is 0.697. The van der Waals surface area contributed by atoms with Crippen molar-refractivity contribution in [2.75, 3.05) is 0 Å². The molecule has 0 spiro atoms. The molecular formula is C33H52ClP. The second-order valence-electron chi connectivity index (χ2n) is 12.5. The average molecular weight is 515 g/mol. The van der Waals surface area contributed by atoms with Gasteiger partial charge in [-0.2, -0.15) is 0 Å². The Bertz CT molecular complexity index is 834. The summed E-state index contributed by atoms with van der Waals surface area (Å²) >= 11 is 0. The van der Waals surface area contributed by atoms with E-state index >= 15 is 0 Å². The Labute approximate surface area is 225 Å². The second kappa shape index (κ2) is 12.8. The van der Waals surface area contributed by atoms with Crippen molar-refractivity contribution in [1.29, 1.82) is 0 Å². The minimum absolute atomic E-state index is 0. The minimum Gasteiger partial charge on any atom is -0.147 e. The summed E-state index contributed by atoms with van der Waals surface area (Å²) in [4.78, 5) is 0. The number of halogens is 1. The SMILES string of the molecule is CC(C)C1=CC(C(C)C)=C(c2ccccc2)C(C(C)C)(P(C2CCCCC2)C2CCCCC2)C1.Cl. The quantitative estimate of drug-likeness (QED) is 0.317. The van der Waals surface area contributed by atoms with Crippen LogP contribution >= 0.6 is 20.3 Å². The second-order valence-corrected chi connectivity index (χ2v) is 15.5. The molecule has 1 aromatic rings. The topological polar surface area (TPSA) is 0 Å². The predicted octanol–water partition coefficient (Wildman–Crippen LogP) is 11.0. The van der Waals surface area contributed by atoms with Crippen molar-refractivity contribution >= 4 is 25.9 Å². The lowest BCUT2D eigenvalue weighted by Crippen LogP contribution is -2.44. The van der Waals surface area contributed by atoms with Crippen LogP contribution in [0.25, 0.3) is 5.57 Å². The maximum atomic E-state index is 2.66. The number of hydrogen-bond donors (Lipinski definition) is 0. The number of hydrogen-bond acceptors (Lipinski definition) is 0. The van der Waals surface area contributed by atoms with Crippen LogP contribution in [0, 0.1) is 17.8 Å². The first-order valence-electron chi connectivity index (χ1n) is 14.6. The molecule has 3 aliphatic carbocycles. The monoisotopic (exact) mass is 514 g/mol. The van der Waals surface area contributed by atoms with E-state index in [-0.39, 0.29) is 20.3 Å². The molecule has 0 nitrogen and oxygen atoms in total. The van der Waals surface area contributed by atoms with E-state index in [0.717, 1.165) is 11.3 Å². The molecule has 0 N–H and O–H groups in total. The van der Waals surface area contributed by atoms with Gasteiger partial charge in [0.15, 0.2) is 0 Å². The van der Waals surface area contributed by atoms with Crippen molar-refractivity contribution in [3.05, 3.63) is 53.1 Å². The fourth-order valence-corrected chi connectivity index (χ4v) is 12.7. The van der Waals surface area contributed by atoms with Crippen molar-refractivity contribution in [2.45, 2.75) is 129 Å². The van der Waals surface area contributed by atoms with Gasteiger partial charge in [-0.05, 0) is 77.9 Å².